The Balaban J connectivity index is 2.07. The van der Waals surface area contributed by atoms with Crippen molar-refractivity contribution in [3.63, 3.8) is 0 Å². The average molecular weight is 219 g/mol. The van der Waals surface area contributed by atoms with Crippen molar-refractivity contribution in [1.29, 1.82) is 0 Å². The van der Waals surface area contributed by atoms with Gasteiger partial charge in [-0.25, -0.2) is 0 Å². The average Bonchev–Trinajstić information content (AvgIpc) is 2.61. The fourth-order valence-corrected chi connectivity index (χ4v) is 0.977. The summed E-state index contributed by atoms with van der Waals surface area (Å²) in [5.41, 5.74) is 0. The lowest BCUT2D eigenvalue weighted by molar-refractivity contribution is -0.133. The summed E-state index contributed by atoms with van der Waals surface area (Å²) < 4.78 is 40.1. The van der Waals surface area contributed by atoms with Crippen LogP contribution in [-0.2, 0) is 0 Å². The van der Waals surface area contributed by atoms with Gasteiger partial charge < -0.3 is 9.73 Å². The second kappa shape index (κ2) is 5.60. The minimum absolute atomic E-state index is 0.0635. The molecule has 2 nitrogen and oxygen atoms in total. The number of rotatable bonds is 5. The monoisotopic (exact) mass is 219 g/mol. The SMILES string of the molecule is FC(F)(F)CCNC/C=C/c1ccco1. The van der Waals surface area contributed by atoms with Crippen LogP contribution in [0.2, 0.25) is 0 Å². The summed E-state index contributed by atoms with van der Waals surface area (Å²) in [6.07, 6.45) is 0.0753. The van der Waals surface area contributed by atoms with Gasteiger partial charge in [0, 0.05) is 13.1 Å². The van der Waals surface area contributed by atoms with Gasteiger partial charge >= 0.3 is 6.18 Å². The molecule has 0 aliphatic heterocycles. The Morgan fingerprint density at radius 1 is 1.40 bits per heavy atom. The molecule has 1 aromatic rings. The van der Waals surface area contributed by atoms with E-state index in [0.717, 1.165) is 0 Å². The van der Waals surface area contributed by atoms with Crippen LogP contribution >= 0.6 is 0 Å². The molecule has 0 radical (unpaired) electrons. The quantitative estimate of drug-likeness (QED) is 0.770. The van der Waals surface area contributed by atoms with Gasteiger partial charge in [-0.15, -0.1) is 0 Å². The molecular formula is C10H12F3NO. The summed E-state index contributed by atoms with van der Waals surface area (Å²) >= 11 is 0. The lowest BCUT2D eigenvalue weighted by atomic mass is 10.4. The van der Waals surface area contributed by atoms with E-state index in [9.17, 15) is 13.2 Å². The van der Waals surface area contributed by atoms with E-state index in [1.807, 2.05) is 0 Å². The Morgan fingerprint density at radius 3 is 2.80 bits per heavy atom. The molecule has 1 rings (SSSR count). The topological polar surface area (TPSA) is 25.2 Å². The summed E-state index contributed by atoms with van der Waals surface area (Å²) in [5.74, 6) is 0.688. The van der Waals surface area contributed by atoms with Crippen LogP contribution in [0.3, 0.4) is 0 Å². The van der Waals surface area contributed by atoms with E-state index in [-0.39, 0.29) is 6.54 Å². The molecule has 0 saturated heterocycles. The molecule has 1 aromatic heterocycles. The third-order valence-corrected chi connectivity index (χ3v) is 1.67. The zero-order valence-electron chi connectivity index (χ0n) is 8.05. The predicted molar refractivity (Wildman–Crippen MR) is 51.3 cm³/mol. The molecule has 5 heteroatoms. The molecule has 0 unspecified atom stereocenters. The second-order valence-corrected chi connectivity index (χ2v) is 2.99. The van der Waals surface area contributed by atoms with Crippen molar-refractivity contribution in [3.05, 3.63) is 30.2 Å². The fraction of sp³-hybridized carbons (Fsp3) is 0.400. The van der Waals surface area contributed by atoms with E-state index >= 15 is 0 Å². The Hall–Kier alpha value is -1.23. The summed E-state index contributed by atoms with van der Waals surface area (Å²) in [6, 6.07) is 3.52. The molecule has 0 aliphatic rings. The number of nitrogens with one attached hydrogen (secondary N) is 1. The van der Waals surface area contributed by atoms with E-state index in [1.54, 1.807) is 24.3 Å². The van der Waals surface area contributed by atoms with E-state index in [2.05, 4.69) is 5.32 Å². The van der Waals surface area contributed by atoms with Crippen LogP contribution in [0, 0.1) is 0 Å². The molecule has 84 valence electrons. The number of alkyl halides is 3. The fourth-order valence-electron chi connectivity index (χ4n) is 0.977. The lowest BCUT2D eigenvalue weighted by Crippen LogP contribution is -2.21. The van der Waals surface area contributed by atoms with Crippen LogP contribution in [0.25, 0.3) is 6.08 Å². The lowest BCUT2D eigenvalue weighted by Gasteiger charge is -2.05. The van der Waals surface area contributed by atoms with Crippen LogP contribution in [0.4, 0.5) is 13.2 Å². The number of furan rings is 1. The van der Waals surface area contributed by atoms with Crippen molar-refractivity contribution in [1.82, 2.24) is 5.32 Å². The third-order valence-electron chi connectivity index (χ3n) is 1.67. The van der Waals surface area contributed by atoms with Gasteiger partial charge in [-0.3, -0.25) is 0 Å². The van der Waals surface area contributed by atoms with Gasteiger partial charge in [0.1, 0.15) is 5.76 Å². The van der Waals surface area contributed by atoms with Crippen molar-refractivity contribution < 1.29 is 17.6 Å². The molecule has 1 N–H and O–H groups in total. The Labute approximate surface area is 85.8 Å². The van der Waals surface area contributed by atoms with Crippen molar-refractivity contribution in [2.75, 3.05) is 13.1 Å². The van der Waals surface area contributed by atoms with Crippen LogP contribution in [0.5, 0.6) is 0 Å². The van der Waals surface area contributed by atoms with E-state index < -0.39 is 12.6 Å². The summed E-state index contributed by atoms with van der Waals surface area (Å²) in [5, 5.41) is 2.66. The van der Waals surface area contributed by atoms with Gasteiger partial charge in [-0.2, -0.15) is 13.2 Å². The highest BCUT2D eigenvalue weighted by Crippen LogP contribution is 2.17. The zero-order valence-corrected chi connectivity index (χ0v) is 8.05. The molecular weight excluding hydrogens is 207 g/mol. The van der Waals surface area contributed by atoms with E-state index in [1.165, 1.54) is 6.26 Å². The third kappa shape index (κ3) is 5.96. The normalized spacial score (nSPS) is 12.5. The Morgan fingerprint density at radius 2 is 2.20 bits per heavy atom. The molecule has 0 atom stereocenters. The highest BCUT2D eigenvalue weighted by atomic mass is 19.4. The first-order chi connectivity index (χ1) is 7.08. The maximum Gasteiger partial charge on any atom is 0.390 e. The highest BCUT2D eigenvalue weighted by Gasteiger charge is 2.25. The minimum Gasteiger partial charge on any atom is -0.465 e. The standard InChI is InChI=1S/C10H12F3NO/c11-10(12,13)5-7-14-6-1-3-9-4-2-8-15-9/h1-4,8,14H,5-7H2/b3-1+. The molecule has 0 bridgehead atoms. The number of hydrogen-bond donors (Lipinski definition) is 1. The highest BCUT2D eigenvalue weighted by molar-refractivity contribution is 5.42. The van der Waals surface area contributed by atoms with Crippen molar-refractivity contribution >= 4 is 6.08 Å². The van der Waals surface area contributed by atoms with E-state index in [4.69, 9.17) is 4.42 Å². The largest absolute Gasteiger partial charge is 0.465 e. The molecule has 0 aromatic carbocycles. The molecule has 0 saturated carbocycles. The van der Waals surface area contributed by atoms with Crippen molar-refractivity contribution in [2.45, 2.75) is 12.6 Å². The molecule has 0 aliphatic carbocycles. The van der Waals surface area contributed by atoms with Crippen LogP contribution in [0.1, 0.15) is 12.2 Å². The second-order valence-electron chi connectivity index (χ2n) is 2.99. The molecule has 0 amide bonds. The maximum atomic E-state index is 11.7. The predicted octanol–water partition coefficient (Wildman–Crippen LogP) is 2.83. The van der Waals surface area contributed by atoms with Crippen molar-refractivity contribution in [3.8, 4) is 0 Å². The van der Waals surface area contributed by atoms with Gasteiger partial charge in [-0.05, 0) is 18.2 Å². The first-order valence-corrected chi connectivity index (χ1v) is 4.55. The van der Waals surface area contributed by atoms with Crippen molar-refractivity contribution in [2.24, 2.45) is 0 Å². The molecule has 15 heavy (non-hydrogen) atoms. The van der Waals surface area contributed by atoms with Crippen LogP contribution in [0.15, 0.2) is 28.9 Å². The first-order valence-electron chi connectivity index (χ1n) is 4.55. The number of halogens is 3. The van der Waals surface area contributed by atoms with Gasteiger partial charge in [0.2, 0.25) is 0 Å². The van der Waals surface area contributed by atoms with Gasteiger partial charge in [0.25, 0.3) is 0 Å². The van der Waals surface area contributed by atoms with Crippen LogP contribution in [-0.4, -0.2) is 19.3 Å². The van der Waals surface area contributed by atoms with Gasteiger partial charge in [-0.1, -0.05) is 6.08 Å². The first kappa shape index (κ1) is 11.8. The Kier molecular flexibility index (Phi) is 4.42. The van der Waals surface area contributed by atoms with Gasteiger partial charge in [0.05, 0.1) is 12.7 Å². The smallest absolute Gasteiger partial charge is 0.390 e. The minimum atomic E-state index is -4.09. The van der Waals surface area contributed by atoms with E-state index in [0.29, 0.717) is 12.3 Å². The number of hydrogen-bond acceptors (Lipinski definition) is 2. The summed E-state index contributed by atoms with van der Waals surface area (Å²) in [7, 11) is 0. The molecule has 0 spiro atoms. The molecule has 1 heterocycles. The van der Waals surface area contributed by atoms with Crippen LogP contribution < -0.4 is 5.32 Å². The van der Waals surface area contributed by atoms with Gasteiger partial charge in [0.15, 0.2) is 0 Å². The maximum absolute atomic E-state index is 11.7. The Bertz CT molecular complexity index is 290. The summed E-state index contributed by atoms with van der Waals surface area (Å²) in [6.45, 7) is 0.336. The summed E-state index contributed by atoms with van der Waals surface area (Å²) in [4.78, 5) is 0. The molecule has 0 fully saturated rings. The zero-order chi connectivity index (χ0) is 11.1.